The number of nitrogens with zero attached hydrogens (tertiary/aromatic N) is 2. The Morgan fingerprint density at radius 3 is 3.18 bits per heavy atom. The lowest BCUT2D eigenvalue weighted by Gasteiger charge is -2.26. The smallest absolute Gasteiger partial charge is 0.273 e. The van der Waals surface area contributed by atoms with Gasteiger partial charge in [0.2, 0.25) is 0 Å². The summed E-state index contributed by atoms with van der Waals surface area (Å²) in [5.74, 6) is 0.299. The molecule has 0 saturated carbocycles. The van der Waals surface area contributed by atoms with Crippen LogP contribution in [-0.4, -0.2) is 47.8 Å². The highest BCUT2D eigenvalue weighted by molar-refractivity contribution is 5.96. The molecule has 0 spiro atoms. The summed E-state index contributed by atoms with van der Waals surface area (Å²) in [6.45, 7) is 2.26. The molecule has 0 radical (unpaired) electrons. The number of amides is 1. The van der Waals surface area contributed by atoms with Gasteiger partial charge in [-0.2, -0.15) is 5.10 Å². The van der Waals surface area contributed by atoms with Crippen LogP contribution in [0.5, 0.6) is 0 Å². The first-order chi connectivity index (χ1) is 8.18. The minimum atomic E-state index is -0.120. The van der Waals surface area contributed by atoms with Crippen molar-refractivity contribution in [1.29, 1.82) is 0 Å². The van der Waals surface area contributed by atoms with Crippen molar-refractivity contribution < 1.29 is 9.53 Å². The number of aromatic amines is 1. The molecule has 1 aromatic rings. The lowest BCUT2D eigenvalue weighted by Crippen LogP contribution is -2.35. The third-order valence-electron chi connectivity index (χ3n) is 3.02. The Morgan fingerprint density at radius 2 is 2.59 bits per heavy atom. The standard InChI is InChI=1S/C11H18N4O2/c1-15(6-8-3-2-4-17-7-8)11(16)10-9(12)5-13-14-10/h5,8H,2-4,6-7,12H2,1H3,(H,13,14). The summed E-state index contributed by atoms with van der Waals surface area (Å²) in [4.78, 5) is 13.7. The number of aromatic nitrogens is 2. The maximum atomic E-state index is 12.0. The summed E-state index contributed by atoms with van der Waals surface area (Å²) in [5, 5.41) is 6.38. The summed E-state index contributed by atoms with van der Waals surface area (Å²) in [6.07, 6.45) is 3.62. The van der Waals surface area contributed by atoms with Crippen LogP contribution in [-0.2, 0) is 4.74 Å². The van der Waals surface area contributed by atoms with Crippen LogP contribution >= 0.6 is 0 Å². The summed E-state index contributed by atoms with van der Waals surface area (Å²) in [6, 6.07) is 0. The minimum Gasteiger partial charge on any atom is -0.396 e. The van der Waals surface area contributed by atoms with Gasteiger partial charge in [-0.25, -0.2) is 0 Å². The normalized spacial score (nSPS) is 20.2. The van der Waals surface area contributed by atoms with Crippen molar-refractivity contribution >= 4 is 11.6 Å². The molecular formula is C11H18N4O2. The third kappa shape index (κ3) is 2.76. The Kier molecular flexibility index (Phi) is 3.63. The van der Waals surface area contributed by atoms with E-state index in [2.05, 4.69) is 10.2 Å². The molecule has 0 aliphatic carbocycles. The van der Waals surface area contributed by atoms with Crippen LogP contribution in [0.25, 0.3) is 0 Å². The van der Waals surface area contributed by atoms with E-state index < -0.39 is 0 Å². The lowest BCUT2D eigenvalue weighted by atomic mass is 10.0. The molecule has 1 aromatic heterocycles. The maximum absolute atomic E-state index is 12.0. The van der Waals surface area contributed by atoms with Crippen molar-refractivity contribution in [2.45, 2.75) is 12.8 Å². The number of nitrogens with one attached hydrogen (secondary N) is 1. The van der Waals surface area contributed by atoms with Gasteiger partial charge in [0.05, 0.1) is 18.5 Å². The Hall–Kier alpha value is -1.56. The largest absolute Gasteiger partial charge is 0.396 e. The second-order valence-corrected chi connectivity index (χ2v) is 4.47. The first kappa shape index (κ1) is 11.9. The monoisotopic (exact) mass is 238 g/mol. The SMILES string of the molecule is CN(CC1CCCOC1)C(=O)c1[nH]ncc1N. The van der Waals surface area contributed by atoms with Gasteiger partial charge < -0.3 is 15.4 Å². The van der Waals surface area contributed by atoms with Gasteiger partial charge in [-0.3, -0.25) is 9.89 Å². The van der Waals surface area contributed by atoms with Crippen molar-refractivity contribution in [3.8, 4) is 0 Å². The van der Waals surface area contributed by atoms with Crippen LogP contribution in [0.15, 0.2) is 6.20 Å². The summed E-state index contributed by atoms with van der Waals surface area (Å²) in [5.41, 5.74) is 6.40. The van der Waals surface area contributed by atoms with Crippen LogP contribution in [0.1, 0.15) is 23.3 Å². The second-order valence-electron chi connectivity index (χ2n) is 4.47. The number of rotatable bonds is 3. The van der Waals surface area contributed by atoms with Gasteiger partial charge in [-0.15, -0.1) is 0 Å². The molecule has 2 heterocycles. The number of carbonyl (C=O) groups excluding carboxylic acids is 1. The highest BCUT2D eigenvalue weighted by Crippen LogP contribution is 2.16. The van der Waals surface area contributed by atoms with Crippen molar-refractivity contribution in [2.24, 2.45) is 5.92 Å². The maximum Gasteiger partial charge on any atom is 0.273 e. The fourth-order valence-corrected chi connectivity index (χ4v) is 2.08. The highest BCUT2D eigenvalue weighted by Gasteiger charge is 2.21. The number of hydrogen-bond acceptors (Lipinski definition) is 4. The van der Waals surface area contributed by atoms with Crippen molar-refractivity contribution in [1.82, 2.24) is 15.1 Å². The lowest BCUT2D eigenvalue weighted by molar-refractivity contribution is 0.0387. The molecule has 1 saturated heterocycles. The minimum absolute atomic E-state index is 0.120. The molecule has 17 heavy (non-hydrogen) atoms. The van der Waals surface area contributed by atoms with Gasteiger partial charge in [-0.05, 0) is 18.8 Å². The number of nitrogen functional groups attached to an aromatic ring is 1. The van der Waals surface area contributed by atoms with E-state index in [9.17, 15) is 4.79 Å². The Bertz CT molecular complexity index is 385. The number of carbonyl (C=O) groups is 1. The number of H-pyrrole nitrogens is 1. The molecule has 1 atom stereocenters. The van der Waals surface area contributed by atoms with Crippen LogP contribution in [0.4, 0.5) is 5.69 Å². The van der Waals surface area contributed by atoms with Crippen LogP contribution in [0.3, 0.4) is 0 Å². The first-order valence-corrected chi connectivity index (χ1v) is 5.80. The Labute approximate surface area is 100 Å². The topological polar surface area (TPSA) is 84.2 Å². The fourth-order valence-electron chi connectivity index (χ4n) is 2.08. The van der Waals surface area contributed by atoms with E-state index in [1.165, 1.54) is 6.20 Å². The molecule has 1 unspecified atom stereocenters. The average molecular weight is 238 g/mol. The zero-order chi connectivity index (χ0) is 12.3. The summed E-state index contributed by atoms with van der Waals surface area (Å²) >= 11 is 0. The number of nitrogens with two attached hydrogens (primary N) is 1. The van der Waals surface area contributed by atoms with E-state index >= 15 is 0 Å². The number of hydrogen-bond donors (Lipinski definition) is 2. The quantitative estimate of drug-likeness (QED) is 0.802. The van der Waals surface area contributed by atoms with E-state index in [0.717, 1.165) is 26.1 Å². The zero-order valence-electron chi connectivity index (χ0n) is 9.98. The molecule has 1 aliphatic heterocycles. The van der Waals surface area contributed by atoms with Crippen LogP contribution < -0.4 is 5.73 Å². The Balaban J connectivity index is 1.93. The van der Waals surface area contributed by atoms with E-state index in [4.69, 9.17) is 10.5 Å². The predicted molar refractivity (Wildman–Crippen MR) is 63.5 cm³/mol. The molecule has 1 fully saturated rings. The molecular weight excluding hydrogens is 220 g/mol. The number of anilines is 1. The molecule has 3 N–H and O–H groups in total. The van der Waals surface area contributed by atoms with Gasteiger partial charge in [0.1, 0.15) is 5.69 Å². The molecule has 6 nitrogen and oxygen atoms in total. The van der Waals surface area contributed by atoms with Crippen molar-refractivity contribution in [3.05, 3.63) is 11.9 Å². The predicted octanol–water partition coefficient (Wildman–Crippen LogP) is 0.490. The zero-order valence-corrected chi connectivity index (χ0v) is 9.98. The fraction of sp³-hybridized carbons (Fsp3) is 0.636. The second kappa shape index (κ2) is 5.18. The molecule has 1 amide bonds. The molecule has 6 heteroatoms. The van der Waals surface area contributed by atoms with Crippen molar-refractivity contribution in [2.75, 3.05) is 32.5 Å². The van der Waals surface area contributed by atoms with Gasteiger partial charge in [0.15, 0.2) is 0 Å². The molecule has 2 rings (SSSR count). The molecule has 1 aliphatic rings. The molecule has 94 valence electrons. The van der Waals surface area contributed by atoms with Crippen LogP contribution in [0.2, 0.25) is 0 Å². The van der Waals surface area contributed by atoms with E-state index in [1.807, 2.05) is 0 Å². The molecule has 0 bridgehead atoms. The van der Waals surface area contributed by atoms with Crippen LogP contribution in [0, 0.1) is 5.92 Å². The highest BCUT2D eigenvalue weighted by atomic mass is 16.5. The van der Waals surface area contributed by atoms with Gasteiger partial charge in [0, 0.05) is 20.2 Å². The summed E-state index contributed by atoms with van der Waals surface area (Å²) < 4.78 is 5.39. The number of ether oxygens (including phenoxy) is 1. The van der Waals surface area contributed by atoms with E-state index in [1.54, 1.807) is 11.9 Å². The van der Waals surface area contributed by atoms with Gasteiger partial charge >= 0.3 is 0 Å². The molecule has 0 aromatic carbocycles. The third-order valence-corrected chi connectivity index (χ3v) is 3.02. The Morgan fingerprint density at radius 1 is 1.76 bits per heavy atom. The average Bonchev–Trinajstić information content (AvgIpc) is 2.76. The summed E-state index contributed by atoms with van der Waals surface area (Å²) in [7, 11) is 1.78. The van der Waals surface area contributed by atoms with Gasteiger partial charge in [-0.1, -0.05) is 0 Å². The van der Waals surface area contributed by atoms with E-state index in [0.29, 0.717) is 23.8 Å². The van der Waals surface area contributed by atoms with Gasteiger partial charge in [0.25, 0.3) is 5.91 Å². The first-order valence-electron chi connectivity index (χ1n) is 5.80. The van der Waals surface area contributed by atoms with E-state index in [-0.39, 0.29) is 5.91 Å². The van der Waals surface area contributed by atoms with Crippen molar-refractivity contribution in [3.63, 3.8) is 0 Å².